The van der Waals surface area contributed by atoms with Crippen LogP contribution in [0.3, 0.4) is 0 Å². The fraction of sp³-hybridized carbons (Fsp3) is 0.0526. The molecule has 0 aliphatic heterocycles. The summed E-state index contributed by atoms with van der Waals surface area (Å²) < 4.78 is 0. The Labute approximate surface area is 155 Å². The smallest absolute Gasteiger partial charge is 0.275 e. The summed E-state index contributed by atoms with van der Waals surface area (Å²) in [5.41, 5.74) is 2.30. The van der Waals surface area contributed by atoms with Crippen molar-refractivity contribution in [2.75, 3.05) is 10.6 Å². The van der Waals surface area contributed by atoms with Gasteiger partial charge in [0.15, 0.2) is 0 Å². The molecule has 0 saturated carbocycles. The Morgan fingerprint density at radius 3 is 2.04 bits per heavy atom. The van der Waals surface area contributed by atoms with Crippen molar-refractivity contribution in [3.8, 4) is 0 Å². The lowest BCUT2D eigenvalue weighted by molar-refractivity contribution is 0.101. The third kappa shape index (κ3) is 4.23. The van der Waals surface area contributed by atoms with Crippen LogP contribution in [0.5, 0.6) is 0 Å². The molecule has 3 aromatic rings. The SMILES string of the molecule is Cc1cnc(C(=O)Nc2ccccc2NC(=O)c2ccc(Cl)cc2)cn1. The summed E-state index contributed by atoms with van der Waals surface area (Å²) >= 11 is 5.84. The number of nitrogens with one attached hydrogen (secondary N) is 2. The van der Waals surface area contributed by atoms with E-state index in [9.17, 15) is 9.59 Å². The lowest BCUT2D eigenvalue weighted by Crippen LogP contribution is -2.17. The van der Waals surface area contributed by atoms with Crippen molar-refractivity contribution in [2.45, 2.75) is 6.92 Å². The second kappa shape index (κ2) is 7.76. The molecule has 0 aliphatic carbocycles. The predicted molar refractivity (Wildman–Crippen MR) is 101 cm³/mol. The molecular weight excluding hydrogens is 352 g/mol. The highest BCUT2D eigenvalue weighted by Crippen LogP contribution is 2.22. The van der Waals surface area contributed by atoms with E-state index in [1.807, 2.05) is 0 Å². The van der Waals surface area contributed by atoms with Crippen LogP contribution in [0.2, 0.25) is 5.02 Å². The Balaban J connectivity index is 1.77. The number of aryl methyl sites for hydroxylation is 1. The maximum atomic E-state index is 12.4. The summed E-state index contributed by atoms with van der Waals surface area (Å²) in [5, 5.41) is 6.06. The summed E-state index contributed by atoms with van der Waals surface area (Å²) in [4.78, 5) is 32.8. The zero-order chi connectivity index (χ0) is 18.5. The molecule has 6 nitrogen and oxygen atoms in total. The normalized spacial score (nSPS) is 10.2. The lowest BCUT2D eigenvalue weighted by Gasteiger charge is -2.12. The molecule has 7 heteroatoms. The molecule has 0 aliphatic rings. The Morgan fingerprint density at radius 1 is 0.846 bits per heavy atom. The van der Waals surface area contributed by atoms with Gasteiger partial charge in [0.2, 0.25) is 0 Å². The van der Waals surface area contributed by atoms with Crippen molar-refractivity contribution in [1.29, 1.82) is 0 Å². The standard InChI is InChI=1S/C19H15ClN4O2/c1-12-10-22-17(11-21-12)19(26)24-16-5-3-2-4-15(16)23-18(25)13-6-8-14(20)9-7-13/h2-11H,1H3,(H,23,25)(H,24,26). The highest BCUT2D eigenvalue weighted by atomic mass is 35.5. The molecule has 0 bridgehead atoms. The molecule has 0 saturated heterocycles. The van der Waals surface area contributed by atoms with Crippen molar-refractivity contribution in [3.05, 3.63) is 82.9 Å². The summed E-state index contributed by atoms with van der Waals surface area (Å²) in [6, 6.07) is 13.4. The second-order valence-corrected chi connectivity index (χ2v) is 5.94. The first-order valence-corrected chi connectivity index (χ1v) is 8.16. The number of benzene rings is 2. The van der Waals surface area contributed by atoms with Crippen molar-refractivity contribution < 1.29 is 9.59 Å². The third-order valence-corrected chi connectivity index (χ3v) is 3.80. The molecule has 0 unspecified atom stereocenters. The summed E-state index contributed by atoms with van der Waals surface area (Å²) in [6.07, 6.45) is 2.92. The number of carbonyl (C=O) groups excluding carboxylic acids is 2. The van der Waals surface area contributed by atoms with E-state index >= 15 is 0 Å². The Kier molecular flexibility index (Phi) is 5.24. The molecule has 26 heavy (non-hydrogen) atoms. The minimum atomic E-state index is -0.411. The first-order chi connectivity index (χ1) is 12.5. The lowest BCUT2D eigenvalue weighted by atomic mass is 10.2. The monoisotopic (exact) mass is 366 g/mol. The fourth-order valence-electron chi connectivity index (χ4n) is 2.19. The van der Waals surface area contributed by atoms with Crippen LogP contribution in [0.15, 0.2) is 60.9 Å². The van der Waals surface area contributed by atoms with Gasteiger partial charge in [-0.05, 0) is 43.3 Å². The maximum Gasteiger partial charge on any atom is 0.275 e. The molecule has 1 aromatic heterocycles. The predicted octanol–water partition coefficient (Wildman–Crippen LogP) is 3.94. The van der Waals surface area contributed by atoms with Gasteiger partial charge in [-0.25, -0.2) is 4.98 Å². The Morgan fingerprint density at radius 2 is 1.46 bits per heavy atom. The molecule has 0 spiro atoms. The number of halogens is 1. The molecule has 0 radical (unpaired) electrons. The quantitative estimate of drug-likeness (QED) is 0.732. The summed E-state index contributed by atoms with van der Waals surface area (Å²) in [5.74, 6) is -0.718. The first-order valence-electron chi connectivity index (χ1n) is 7.79. The van der Waals surface area contributed by atoms with Crippen LogP contribution in [0.1, 0.15) is 26.5 Å². The van der Waals surface area contributed by atoms with Crippen LogP contribution in [-0.4, -0.2) is 21.8 Å². The minimum absolute atomic E-state index is 0.189. The largest absolute Gasteiger partial charge is 0.320 e. The van der Waals surface area contributed by atoms with Crippen LogP contribution in [-0.2, 0) is 0 Å². The van der Waals surface area contributed by atoms with E-state index in [-0.39, 0.29) is 11.6 Å². The number of carbonyl (C=O) groups is 2. The summed E-state index contributed by atoms with van der Waals surface area (Å²) in [6.45, 7) is 1.79. The zero-order valence-electron chi connectivity index (χ0n) is 13.9. The number of aromatic nitrogens is 2. The van der Waals surface area contributed by atoms with E-state index in [0.29, 0.717) is 22.0 Å². The van der Waals surface area contributed by atoms with Gasteiger partial charge in [-0.1, -0.05) is 23.7 Å². The molecular formula is C19H15ClN4O2. The number of anilines is 2. The van der Waals surface area contributed by atoms with Gasteiger partial charge >= 0.3 is 0 Å². The van der Waals surface area contributed by atoms with Crippen molar-refractivity contribution >= 4 is 34.8 Å². The molecule has 3 rings (SSSR count). The van der Waals surface area contributed by atoms with Gasteiger partial charge in [-0.3, -0.25) is 14.6 Å². The van der Waals surface area contributed by atoms with Gasteiger partial charge in [-0.2, -0.15) is 0 Å². The van der Waals surface area contributed by atoms with Crippen LogP contribution in [0, 0.1) is 6.92 Å². The molecule has 130 valence electrons. The molecule has 2 aromatic carbocycles. The van der Waals surface area contributed by atoms with Gasteiger partial charge in [0.25, 0.3) is 11.8 Å². The maximum absolute atomic E-state index is 12.4. The van der Waals surface area contributed by atoms with Crippen LogP contribution >= 0.6 is 11.6 Å². The van der Waals surface area contributed by atoms with E-state index in [2.05, 4.69) is 20.6 Å². The highest BCUT2D eigenvalue weighted by molar-refractivity contribution is 6.30. The van der Waals surface area contributed by atoms with E-state index in [4.69, 9.17) is 11.6 Å². The number of nitrogens with zero attached hydrogens (tertiary/aromatic N) is 2. The van der Waals surface area contributed by atoms with Crippen LogP contribution < -0.4 is 10.6 Å². The van der Waals surface area contributed by atoms with E-state index in [0.717, 1.165) is 5.69 Å². The van der Waals surface area contributed by atoms with Gasteiger partial charge in [-0.15, -0.1) is 0 Å². The number of hydrogen-bond donors (Lipinski definition) is 2. The van der Waals surface area contributed by atoms with Crippen LogP contribution in [0.4, 0.5) is 11.4 Å². The molecule has 0 fully saturated rings. The average molecular weight is 367 g/mol. The number of rotatable bonds is 4. The van der Waals surface area contributed by atoms with E-state index in [1.54, 1.807) is 55.5 Å². The second-order valence-electron chi connectivity index (χ2n) is 5.50. The molecule has 2 amide bonds. The van der Waals surface area contributed by atoms with Crippen molar-refractivity contribution in [1.82, 2.24) is 9.97 Å². The number of amides is 2. The third-order valence-electron chi connectivity index (χ3n) is 3.54. The van der Waals surface area contributed by atoms with E-state index in [1.165, 1.54) is 12.4 Å². The van der Waals surface area contributed by atoms with Crippen molar-refractivity contribution in [3.63, 3.8) is 0 Å². The number of hydrogen-bond acceptors (Lipinski definition) is 4. The zero-order valence-corrected chi connectivity index (χ0v) is 14.6. The average Bonchev–Trinajstić information content (AvgIpc) is 2.64. The van der Waals surface area contributed by atoms with E-state index < -0.39 is 5.91 Å². The van der Waals surface area contributed by atoms with Crippen molar-refractivity contribution in [2.24, 2.45) is 0 Å². The van der Waals surface area contributed by atoms with Gasteiger partial charge in [0.05, 0.1) is 23.3 Å². The Bertz CT molecular complexity index is 862. The molecule has 0 atom stereocenters. The fourth-order valence-corrected chi connectivity index (χ4v) is 2.32. The first kappa shape index (κ1) is 17.6. The van der Waals surface area contributed by atoms with Gasteiger partial charge in [0.1, 0.15) is 5.69 Å². The number of para-hydroxylation sites is 2. The van der Waals surface area contributed by atoms with Crippen LogP contribution in [0.25, 0.3) is 0 Å². The topological polar surface area (TPSA) is 84.0 Å². The summed E-state index contributed by atoms with van der Waals surface area (Å²) in [7, 11) is 0. The van der Waals surface area contributed by atoms with Gasteiger partial charge < -0.3 is 10.6 Å². The highest BCUT2D eigenvalue weighted by Gasteiger charge is 2.13. The molecule has 2 N–H and O–H groups in total. The van der Waals surface area contributed by atoms with Gasteiger partial charge in [0, 0.05) is 16.8 Å². The molecule has 1 heterocycles. The minimum Gasteiger partial charge on any atom is -0.320 e. The Hall–Kier alpha value is -3.25.